The first-order valence-corrected chi connectivity index (χ1v) is 8.86. The van der Waals surface area contributed by atoms with E-state index in [4.69, 9.17) is 9.47 Å². The molecule has 2 aromatic rings. The fourth-order valence-electron chi connectivity index (χ4n) is 3.56. The Morgan fingerprint density at radius 2 is 2.15 bits per heavy atom. The van der Waals surface area contributed by atoms with Crippen LogP contribution in [0.15, 0.2) is 48.0 Å². The average Bonchev–Trinajstić information content (AvgIpc) is 2.71. The third-order valence-corrected chi connectivity index (χ3v) is 4.90. The summed E-state index contributed by atoms with van der Waals surface area (Å²) in [5, 5.41) is 6.52. The number of rotatable bonds is 4. The maximum atomic E-state index is 12.6. The molecule has 2 aliphatic heterocycles. The number of para-hydroxylation sites is 1. The summed E-state index contributed by atoms with van der Waals surface area (Å²) in [5.74, 6) is 1.28. The van der Waals surface area contributed by atoms with Crippen molar-refractivity contribution in [3.8, 4) is 11.5 Å². The maximum Gasteiger partial charge on any atom is 0.250 e. The molecule has 4 rings (SSSR count). The molecule has 0 spiro atoms. The molecule has 0 fully saturated rings. The zero-order valence-electron chi connectivity index (χ0n) is 14.7. The lowest BCUT2D eigenvalue weighted by Crippen LogP contribution is -2.39. The molecule has 2 aliphatic rings. The summed E-state index contributed by atoms with van der Waals surface area (Å²) < 4.78 is 11.1. The van der Waals surface area contributed by atoms with Crippen molar-refractivity contribution in [3.63, 3.8) is 0 Å². The predicted molar refractivity (Wildman–Crippen MR) is 100 cm³/mol. The zero-order valence-corrected chi connectivity index (χ0v) is 14.7. The minimum absolute atomic E-state index is 0.0941. The zero-order chi connectivity index (χ0) is 17.9. The third-order valence-electron chi connectivity index (χ3n) is 4.90. The fraction of sp³-hybridized carbons (Fsp3) is 0.286. The van der Waals surface area contributed by atoms with Gasteiger partial charge in [0.1, 0.15) is 6.61 Å². The molecule has 1 atom stereocenters. The highest BCUT2D eigenvalue weighted by molar-refractivity contribution is 5.99. The van der Waals surface area contributed by atoms with E-state index in [1.165, 1.54) is 11.1 Å². The average molecular weight is 350 g/mol. The number of hydrogen-bond donors (Lipinski definition) is 2. The van der Waals surface area contributed by atoms with E-state index >= 15 is 0 Å². The SMILES string of the molecule is COc1cccc2c1OCC(C(=O)NCC1NCCc3ccccc31)=C2. The van der Waals surface area contributed by atoms with Crippen LogP contribution in [0.4, 0.5) is 0 Å². The Hall–Kier alpha value is -2.79. The van der Waals surface area contributed by atoms with E-state index in [9.17, 15) is 4.79 Å². The molecule has 134 valence electrons. The number of fused-ring (bicyclic) bond motifs is 2. The molecule has 5 nitrogen and oxygen atoms in total. The van der Waals surface area contributed by atoms with Crippen LogP contribution in [0.3, 0.4) is 0 Å². The van der Waals surface area contributed by atoms with Crippen LogP contribution in [-0.4, -0.2) is 32.7 Å². The first-order chi connectivity index (χ1) is 12.8. The quantitative estimate of drug-likeness (QED) is 0.889. The summed E-state index contributed by atoms with van der Waals surface area (Å²) in [5.41, 5.74) is 4.10. The Labute approximate surface area is 153 Å². The largest absolute Gasteiger partial charge is 0.493 e. The van der Waals surface area contributed by atoms with E-state index in [2.05, 4.69) is 28.8 Å². The number of benzene rings is 2. The highest BCUT2D eigenvalue weighted by Gasteiger charge is 2.23. The molecule has 0 aliphatic carbocycles. The molecule has 1 unspecified atom stereocenters. The molecular weight excluding hydrogens is 328 g/mol. The summed E-state index contributed by atoms with van der Waals surface area (Å²) in [6.45, 7) is 1.72. The molecule has 5 heteroatoms. The van der Waals surface area contributed by atoms with Crippen LogP contribution in [0, 0.1) is 0 Å². The lowest BCUT2D eigenvalue weighted by molar-refractivity contribution is -0.117. The van der Waals surface area contributed by atoms with Gasteiger partial charge in [0.15, 0.2) is 11.5 Å². The minimum Gasteiger partial charge on any atom is -0.493 e. The number of carbonyl (C=O) groups excluding carboxylic acids is 1. The van der Waals surface area contributed by atoms with Gasteiger partial charge in [0.25, 0.3) is 5.91 Å². The number of ether oxygens (including phenoxy) is 2. The normalized spacial score (nSPS) is 18.0. The summed E-state index contributed by atoms with van der Waals surface area (Å²) >= 11 is 0. The molecule has 2 heterocycles. The van der Waals surface area contributed by atoms with Crippen molar-refractivity contribution in [1.29, 1.82) is 0 Å². The van der Waals surface area contributed by atoms with Crippen molar-refractivity contribution >= 4 is 12.0 Å². The first kappa shape index (κ1) is 16.7. The summed E-state index contributed by atoms with van der Waals surface area (Å²) in [7, 11) is 1.61. The molecule has 1 amide bonds. The summed E-state index contributed by atoms with van der Waals surface area (Å²) in [6, 6.07) is 14.2. The van der Waals surface area contributed by atoms with E-state index in [0.29, 0.717) is 23.6 Å². The molecule has 2 aromatic carbocycles. The Kier molecular flexibility index (Phi) is 4.63. The van der Waals surface area contributed by atoms with Crippen molar-refractivity contribution in [1.82, 2.24) is 10.6 Å². The topological polar surface area (TPSA) is 59.6 Å². The minimum atomic E-state index is -0.0941. The second-order valence-electron chi connectivity index (χ2n) is 6.50. The monoisotopic (exact) mass is 350 g/mol. The van der Waals surface area contributed by atoms with E-state index < -0.39 is 0 Å². The van der Waals surface area contributed by atoms with Gasteiger partial charge in [-0.15, -0.1) is 0 Å². The second kappa shape index (κ2) is 7.22. The van der Waals surface area contributed by atoms with Gasteiger partial charge in [0.05, 0.1) is 12.7 Å². The van der Waals surface area contributed by atoms with E-state index in [1.54, 1.807) is 7.11 Å². The second-order valence-corrected chi connectivity index (χ2v) is 6.50. The Morgan fingerprint density at radius 1 is 1.27 bits per heavy atom. The standard InChI is InChI=1S/C21H22N2O3/c1-25-19-8-4-6-15-11-16(13-26-20(15)19)21(24)23-12-18-17-7-3-2-5-14(17)9-10-22-18/h2-8,11,18,22H,9-10,12-13H2,1H3,(H,23,24). The molecular formula is C21H22N2O3. The fourth-order valence-corrected chi connectivity index (χ4v) is 3.56. The van der Waals surface area contributed by atoms with Gasteiger partial charge >= 0.3 is 0 Å². The first-order valence-electron chi connectivity index (χ1n) is 8.86. The van der Waals surface area contributed by atoms with Gasteiger partial charge in [-0.3, -0.25) is 4.79 Å². The van der Waals surface area contributed by atoms with Gasteiger partial charge in [-0.2, -0.15) is 0 Å². The number of amides is 1. The molecule has 0 aromatic heterocycles. The van der Waals surface area contributed by atoms with Crippen LogP contribution in [0.2, 0.25) is 0 Å². The summed E-state index contributed by atoms with van der Waals surface area (Å²) in [6.07, 6.45) is 2.90. The number of methoxy groups -OCH3 is 1. The van der Waals surface area contributed by atoms with Gasteiger partial charge in [-0.25, -0.2) is 0 Å². The van der Waals surface area contributed by atoms with Gasteiger partial charge in [0.2, 0.25) is 0 Å². The van der Waals surface area contributed by atoms with Gasteiger partial charge < -0.3 is 20.1 Å². The van der Waals surface area contributed by atoms with Crippen molar-refractivity contribution < 1.29 is 14.3 Å². The highest BCUT2D eigenvalue weighted by atomic mass is 16.5. The van der Waals surface area contributed by atoms with Crippen LogP contribution < -0.4 is 20.1 Å². The Bertz CT molecular complexity index is 860. The number of hydrogen-bond acceptors (Lipinski definition) is 4. The van der Waals surface area contributed by atoms with Crippen molar-refractivity contribution in [2.24, 2.45) is 0 Å². The number of carbonyl (C=O) groups is 1. The number of nitrogens with one attached hydrogen (secondary N) is 2. The lowest BCUT2D eigenvalue weighted by atomic mass is 9.94. The predicted octanol–water partition coefficient (Wildman–Crippen LogP) is 2.47. The van der Waals surface area contributed by atoms with Crippen molar-refractivity contribution in [2.75, 3.05) is 26.8 Å². The van der Waals surface area contributed by atoms with Gasteiger partial charge in [0, 0.05) is 18.2 Å². The van der Waals surface area contributed by atoms with Crippen LogP contribution >= 0.6 is 0 Å². The van der Waals surface area contributed by atoms with Crippen molar-refractivity contribution in [2.45, 2.75) is 12.5 Å². The van der Waals surface area contributed by atoms with Gasteiger partial charge in [-0.05, 0) is 36.2 Å². The lowest BCUT2D eigenvalue weighted by Gasteiger charge is -2.27. The van der Waals surface area contributed by atoms with E-state index in [1.807, 2.05) is 30.3 Å². The van der Waals surface area contributed by atoms with Gasteiger partial charge in [-0.1, -0.05) is 36.4 Å². The summed E-state index contributed by atoms with van der Waals surface area (Å²) in [4.78, 5) is 12.6. The Balaban J connectivity index is 1.46. The Morgan fingerprint density at radius 3 is 3.04 bits per heavy atom. The van der Waals surface area contributed by atoms with Crippen LogP contribution in [0.25, 0.3) is 6.08 Å². The molecule has 26 heavy (non-hydrogen) atoms. The molecule has 0 saturated carbocycles. The van der Waals surface area contributed by atoms with Crippen LogP contribution in [0.1, 0.15) is 22.7 Å². The molecule has 2 N–H and O–H groups in total. The maximum absolute atomic E-state index is 12.6. The third kappa shape index (κ3) is 3.18. The smallest absolute Gasteiger partial charge is 0.250 e. The van der Waals surface area contributed by atoms with Crippen molar-refractivity contribution in [3.05, 3.63) is 64.7 Å². The van der Waals surface area contributed by atoms with E-state index in [-0.39, 0.29) is 18.6 Å². The molecule has 0 radical (unpaired) electrons. The molecule has 0 bridgehead atoms. The van der Waals surface area contributed by atoms with Crippen LogP contribution in [-0.2, 0) is 11.2 Å². The highest BCUT2D eigenvalue weighted by Crippen LogP contribution is 2.35. The molecule has 0 saturated heterocycles. The van der Waals surface area contributed by atoms with E-state index in [0.717, 1.165) is 18.5 Å². The van der Waals surface area contributed by atoms with Crippen LogP contribution in [0.5, 0.6) is 11.5 Å².